The third-order valence-electron chi connectivity index (χ3n) is 7.47. The second kappa shape index (κ2) is 20.2. The van der Waals surface area contributed by atoms with Gasteiger partial charge in [-0.1, -0.05) is 23.7 Å². The number of aliphatic hydroxyl groups excluding tert-OH is 1. The molecule has 0 unspecified atom stereocenters. The molecule has 0 spiro atoms. The Kier molecular flexibility index (Phi) is 17.2. The molecule has 0 radical (unpaired) electrons. The number of pyridine rings is 1. The number of unbranched alkanes of at least 4 members (excludes halogenated alkanes) is 1. The molecule has 276 valence electrons. The number of hydrogen-bond acceptors (Lipinski definition) is 12. The number of hydrogen-bond donors (Lipinski definition) is 10. The highest BCUT2D eigenvalue weighted by atomic mass is 35.5. The van der Waals surface area contributed by atoms with Crippen LogP contribution in [0.2, 0.25) is 5.02 Å². The van der Waals surface area contributed by atoms with Crippen molar-refractivity contribution in [3.63, 3.8) is 0 Å². The highest BCUT2D eigenvalue weighted by molar-refractivity contribution is 7.89. The molecule has 0 fully saturated rings. The Hall–Kier alpha value is -3.69. The number of nitrogens with zero attached hydrogens (tertiary/aromatic N) is 1. The number of sulfonamides is 1. The molecule has 4 amide bonds. The summed E-state index contributed by atoms with van der Waals surface area (Å²) in [5.74, 6) is -4.46. The number of carbonyl (C=O) groups is 4. The minimum absolute atomic E-state index is 0.118. The van der Waals surface area contributed by atoms with Crippen LogP contribution in [0.4, 0.5) is 0 Å². The molecular weight excluding hydrogens is 695 g/mol. The van der Waals surface area contributed by atoms with Gasteiger partial charge in [-0.05, 0) is 83.8 Å². The molecule has 12 N–H and O–H groups in total. The SMILES string of the molecule is C[C@H](NC(=O)[C@H](CCCCN)NC(=O)[C@H](C)NC(=O)[C@@H](NC(=O)[C@H](CCN)NS(=O)(=O)c1ccc(-c2ccc(Cl)cc2)nc1)[C@@H](C)O)B(O)O. The zero-order chi connectivity index (χ0) is 37.6. The third-order valence-corrected chi connectivity index (χ3v) is 9.18. The van der Waals surface area contributed by atoms with E-state index in [2.05, 4.69) is 31.0 Å². The van der Waals surface area contributed by atoms with Gasteiger partial charge in [0.25, 0.3) is 0 Å². The number of amides is 4. The molecule has 1 heterocycles. The van der Waals surface area contributed by atoms with E-state index in [0.29, 0.717) is 35.7 Å². The van der Waals surface area contributed by atoms with Crippen LogP contribution in [-0.2, 0) is 29.2 Å². The fraction of sp³-hybridized carbons (Fsp3) is 0.500. The molecule has 1 aromatic heterocycles. The minimum atomic E-state index is -4.31. The molecule has 6 atom stereocenters. The predicted octanol–water partition coefficient (Wildman–Crippen LogP) is -2.10. The quantitative estimate of drug-likeness (QED) is 0.0516. The van der Waals surface area contributed by atoms with Crippen LogP contribution >= 0.6 is 11.6 Å². The number of nitrogens with one attached hydrogen (secondary N) is 5. The number of halogens is 1. The highest BCUT2D eigenvalue weighted by Gasteiger charge is 2.33. The minimum Gasteiger partial charge on any atom is -0.426 e. The number of aliphatic hydroxyl groups is 1. The van der Waals surface area contributed by atoms with E-state index < -0.39 is 77.0 Å². The van der Waals surface area contributed by atoms with Crippen LogP contribution in [0, 0.1) is 0 Å². The van der Waals surface area contributed by atoms with Gasteiger partial charge < -0.3 is 47.9 Å². The van der Waals surface area contributed by atoms with Crippen LogP contribution < -0.4 is 37.5 Å². The van der Waals surface area contributed by atoms with E-state index >= 15 is 0 Å². The number of benzene rings is 1. The monoisotopic (exact) mass is 740 g/mol. The molecule has 0 bridgehead atoms. The lowest BCUT2D eigenvalue weighted by molar-refractivity contribution is -0.135. The van der Waals surface area contributed by atoms with Gasteiger partial charge in [-0.15, -0.1) is 0 Å². The highest BCUT2D eigenvalue weighted by Crippen LogP contribution is 2.21. The number of aromatic nitrogens is 1. The second-order valence-corrected chi connectivity index (χ2v) is 13.8. The van der Waals surface area contributed by atoms with Crippen LogP contribution in [0.15, 0.2) is 47.5 Å². The van der Waals surface area contributed by atoms with Crippen LogP contribution in [0.25, 0.3) is 11.3 Å². The smallest absolute Gasteiger partial charge is 0.426 e. The van der Waals surface area contributed by atoms with E-state index in [1.54, 1.807) is 24.3 Å². The molecule has 0 aliphatic rings. The van der Waals surface area contributed by atoms with Gasteiger partial charge in [0, 0.05) is 16.8 Å². The molecule has 20 heteroatoms. The Morgan fingerprint density at radius 1 is 0.820 bits per heavy atom. The van der Waals surface area contributed by atoms with Crippen molar-refractivity contribution in [1.82, 2.24) is 31.0 Å². The van der Waals surface area contributed by atoms with Crippen molar-refractivity contribution in [2.45, 2.75) is 87.6 Å². The summed E-state index contributed by atoms with van der Waals surface area (Å²) in [5.41, 5.74) is 12.3. The lowest BCUT2D eigenvalue weighted by Gasteiger charge is -2.26. The van der Waals surface area contributed by atoms with Crippen LogP contribution in [0.1, 0.15) is 46.5 Å². The summed E-state index contributed by atoms with van der Waals surface area (Å²) < 4.78 is 28.6. The van der Waals surface area contributed by atoms with E-state index in [1.807, 2.05) is 0 Å². The van der Waals surface area contributed by atoms with E-state index in [-0.39, 0.29) is 24.3 Å². The van der Waals surface area contributed by atoms with Crippen molar-refractivity contribution in [3.8, 4) is 11.3 Å². The van der Waals surface area contributed by atoms with Gasteiger partial charge in [0.1, 0.15) is 29.1 Å². The molecular formula is C30H46BClN8O9S. The lowest BCUT2D eigenvalue weighted by Crippen LogP contribution is -2.60. The van der Waals surface area contributed by atoms with Crippen molar-refractivity contribution < 1.29 is 42.8 Å². The molecule has 0 saturated carbocycles. The largest absolute Gasteiger partial charge is 0.475 e. The van der Waals surface area contributed by atoms with Crippen molar-refractivity contribution in [1.29, 1.82) is 0 Å². The first-order chi connectivity index (χ1) is 23.5. The molecule has 2 rings (SSSR count). The van der Waals surface area contributed by atoms with Crippen molar-refractivity contribution >= 4 is 52.4 Å². The fourth-order valence-corrected chi connectivity index (χ4v) is 5.78. The van der Waals surface area contributed by atoms with E-state index in [0.717, 1.165) is 6.20 Å². The van der Waals surface area contributed by atoms with E-state index in [9.17, 15) is 42.8 Å². The number of nitrogens with two attached hydrogens (primary N) is 2. The van der Waals surface area contributed by atoms with Gasteiger partial charge in [-0.2, -0.15) is 4.72 Å². The Labute approximate surface area is 296 Å². The average Bonchev–Trinajstić information content (AvgIpc) is 3.06. The zero-order valence-corrected chi connectivity index (χ0v) is 29.6. The van der Waals surface area contributed by atoms with Gasteiger partial charge >= 0.3 is 7.12 Å². The maximum Gasteiger partial charge on any atom is 0.475 e. The first kappa shape index (κ1) is 42.5. The van der Waals surface area contributed by atoms with Crippen molar-refractivity contribution in [2.75, 3.05) is 13.1 Å². The maximum atomic E-state index is 13.2. The molecule has 2 aromatic rings. The number of rotatable bonds is 20. The molecule has 0 aliphatic heterocycles. The molecule has 50 heavy (non-hydrogen) atoms. The van der Waals surface area contributed by atoms with Crippen molar-refractivity contribution in [3.05, 3.63) is 47.6 Å². The molecule has 0 saturated heterocycles. The van der Waals surface area contributed by atoms with Gasteiger partial charge in [0.05, 0.1) is 17.7 Å². The molecule has 0 aliphatic carbocycles. The normalized spacial score (nSPS) is 15.1. The van der Waals surface area contributed by atoms with E-state index in [4.69, 9.17) is 23.1 Å². The summed E-state index contributed by atoms with van der Waals surface area (Å²) >= 11 is 5.92. The zero-order valence-electron chi connectivity index (χ0n) is 28.0. The second-order valence-electron chi connectivity index (χ2n) is 11.7. The third kappa shape index (κ3) is 13.2. The Balaban J connectivity index is 2.12. The van der Waals surface area contributed by atoms with Gasteiger partial charge in [-0.3, -0.25) is 24.2 Å². The Bertz CT molecular complexity index is 1540. The predicted molar refractivity (Wildman–Crippen MR) is 186 cm³/mol. The fourth-order valence-electron chi connectivity index (χ4n) is 4.48. The standard InChI is InChI=1S/C30H46BClN8O9S/c1-17(27(42)38-24(6-4-5-14-33)28(43)37-19(3)31(46)47)36-30(45)26(18(2)41)39-29(44)25(13-15-34)40-50(48,49)22-11-12-23(35-16-22)20-7-9-21(32)10-8-20/h7-12,16-19,24-26,40-41,46-47H,4-6,13-15,33-34H2,1-3H3,(H,36,45)(H,37,43)(H,38,42)(H,39,44)/t17-,18+,19-,24-,25-,26-/m0/s1. The summed E-state index contributed by atoms with van der Waals surface area (Å²) in [6, 6.07) is 4.09. The van der Waals surface area contributed by atoms with Gasteiger partial charge in [-0.25, -0.2) is 8.42 Å². The Morgan fingerprint density at radius 2 is 1.46 bits per heavy atom. The van der Waals surface area contributed by atoms with E-state index in [1.165, 1.54) is 32.9 Å². The first-order valence-electron chi connectivity index (χ1n) is 15.9. The van der Waals surface area contributed by atoms with Crippen LogP contribution in [0.3, 0.4) is 0 Å². The topological polar surface area (TPSA) is 288 Å². The molecule has 1 aromatic carbocycles. The Morgan fingerprint density at radius 3 is 2.00 bits per heavy atom. The van der Waals surface area contributed by atoms with Crippen LogP contribution in [0.5, 0.6) is 0 Å². The summed E-state index contributed by atoms with van der Waals surface area (Å²) in [6.45, 7) is 4.10. The van der Waals surface area contributed by atoms with Gasteiger partial charge in [0.15, 0.2) is 0 Å². The van der Waals surface area contributed by atoms with Crippen molar-refractivity contribution in [2.24, 2.45) is 11.5 Å². The van der Waals surface area contributed by atoms with Gasteiger partial charge in [0.2, 0.25) is 33.7 Å². The average molecular weight is 741 g/mol. The molecule has 17 nitrogen and oxygen atoms in total. The lowest BCUT2D eigenvalue weighted by atomic mass is 9.81. The van der Waals surface area contributed by atoms with Crippen LogP contribution in [-0.4, -0.2) is 109 Å². The summed E-state index contributed by atoms with van der Waals surface area (Å²) in [6.07, 6.45) is 0.626. The summed E-state index contributed by atoms with van der Waals surface area (Å²) in [7, 11) is -6.15. The first-order valence-corrected chi connectivity index (χ1v) is 17.8. The maximum absolute atomic E-state index is 13.2. The summed E-state index contributed by atoms with van der Waals surface area (Å²) in [5, 5.41) is 39.1. The summed E-state index contributed by atoms with van der Waals surface area (Å²) in [4.78, 5) is 56.1. The number of carbonyl (C=O) groups excluding carboxylic acids is 4.